The second-order valence-electron chi connectivity index (χ2n) is 5.41. The highest BCUT2D eigenvalue weighted by Gasteiger charge is 2.21. The Labute approximate surface area is 159 Å². The van der Waals surface area contributed by atoms with E-state index in [1.165, 1.54) is 0 Å². The monoisotopic (exact) mass is 387 g/mol. The van der Waals surface area contributed by atoms with Gasteiger partial charge in [-0.3, -0.25) is 4.79 Å². The van der Waals surface area contributed by atoms with Gasteiger partial charge in [-0.15, -0.1) is 16.4 Å². The molecule has 0 radical (unpaired) electrons. The Balaban J connectivity index is 1.64. The van der Waals surface area contributed by atoms with Crippen LogP contribution in [0, 0.1) is 0 Å². The molecule has 6 nitrogen and oxygen atoms in total. The lowest BCUT2D eigenvalue weighted by Gasteiger charge is -2.18. The Morgan fingerprint density at radius 3 is 2.69 bits per heavy atom. The van der Waals surface area contributed by atoms with Crippen LogP contribution >= 0.6 is 22.9 Å². The number of nitrogens with zero attached hydrogens (tertiary/aromatic N) is 2. The lowest BCUT2D eigenvalue weighted by molar-refractivity contribution is -0.124. The summed E-state index contributed by atoms with van der Waals surface area (Å²) in [6.45, 7) is 1.53. The van der Waals surface area contributed by atoms with Crippen LogP contribution in [0.15, 0.2) is 47.8 Å². The molecule has 8 heteroatoms. The molecular weight excluding hydrogens is 370 g/mol. The summed E-state index contributed by atoms with van der Waals surface area (Å²) in [6.07, 6.45) is 0.585. The van der Waals surface area contributed by atoms with Crippen LogP contribution in [0.2, 0.25) is 0 Å². The average molecular weight is 387 g/mol. The van der Waals surface area contributed by atoms with Crippen molar-refractivity contribution in [1.29, 1.82) is 0 Å². The third kappa shape index (κ3) is 4.33. The molecule has 134 valence electrons. The van der Waals surface area contributed by atoms with E-state index >= 15 is 0 Å². The molecule has 0 fully saturated rings. The molecule has 1 aromatic carbocycles. The van der Waals surface area contributed by atoms with Crippen LogP contribution in [0.25, 0.3) is 0 Å². The highest BCUT2D eigenvalue weighted by atomic mass is 32.1. The van der Waals surface area contributed by atoms with Crippen molar-refractivity contribution in [3.05, 3.63) is 68.9 Å². The minimum atomic E-state index is -0.570. The third-order valence-electron chi connectivity index (χ3n) is 3.68. The molecule has 0 aliphatic carbocycles. The molecule has 26 heavy (non-hydrogen) atoms. The number of hydrogen-bond acceptors (Lipinski definition) is 7. The van der Waals surface area contributed by atoms with E-state index in [2.05, 4.69) is 14.9 Å². The van der Waals surface area contributed by atoms with Crippen LogP contribution in [-0.2, 0) is 16.0 Å². The molecule has 0 saturated heterocycles. The predicted molar refractivity (Wildman–Crippen MR) is 100 cm³/mol. The number of amides is 1. The van der Waals surface area contributed by atoms with Crippen molar-refractivity contribution in [3.63, 3.8) is 0 Å². The van der Waals surface area contributed by atoms with E-state index in [-0.39, 0.29) is 18.6 Å². The first-order valence-corrected chi connectivity index (χ1v) is 9.70. The van der Waals surface area contributed by atoms with Crippen molar-refractivity contribution < 1.29 is 14.3 Å². The first-order valence-electron chi connectivity index (χ1n) is 8.05. The number of aromatic nitrogens is 2. The Kier molecular flexibility index (Phi) is 6.08. The summed E-state index contributed by atoms with van der Waals surface area (Å²) in [4.78, 5) is 25.8. The number of hydrogen-bond donors (Lipinski definition) is 1. The maximum Gasteiger partial charge on any atom is 0.352 e. The van der Waals surface area contributed by atoms with Gasteiger partial charge in [0, 0.05) is 4.88 Å². The molecule has 0 saturated carbocycles. The summed E-state index contributed by atoms with van der Waals surface area (Å²) in [5, 5.41) is 8.76. The fourth-order valence-electron chi connectivity index (χ4n) is 2.41. The molecule has 3 aromatic rings. The van der Waals surface area contributed by atoms with E-state index in [9.17, 15) is 9.59 Å². The highest BCUT2D eigenvalue weighted by molar-refractivity contribution is 7.10. The van der Waals surface area contributed by atoms with Gasteiger partial charge in [0.25, 0.3) is 5.91 Å². The van der Waals surface area contributed by atoms with Crippen LogP contribution in [0.1, 0.15) is 38.8 Å². The zero-order valence-electron chi connectivity index (χ0n) is 14.0. The minimum Gasteiger partial charge on any atom is -0.451 e. The van der Waals surface area contributed by atoms with E-state index in [0.29, 0.717) is 17.0 Å². The number of nitrogens with one attached hydrogen (secondary N) is 1. The SMILES string of the molecule is CCc1nnsc1C(=O)OCC(=O)N[C@@H](c1ccccc1)c1cccs1. The van der Waals surface area contributed by atoms with Gasteiger partial charge in [-0.05, 0) is 35.0 Å². The van der Waals surface area contributed by atoms with E-state index < -0.39 is 5.97 Å². The smallest absolute Gasteiger partial charge is 0.352 e. The molecule has 1 N–H and O–H groups in total. The van der Waals surface area contributed by atoms with E-state index in [0.717, 1.165) is 22.0 Å². The number of carbonyl (C=O) groups is 2. The normalized spacial score (nSPS) is 11.7. The van der Waals surface area contributed by atoms with Crippen molar-refractivity contribution in [1.82, 2.24) is 14.9 Å². The number of aryl methyl sites for hydroxylation is 1. The number of esters is 1. The van der Waals surface area contributed by atoms with Crippen LogP contribution in [0.4, 0.5) is 0 Å². The number of thiophene rings is 1. The maximum atomic E-state index is 12.3. The summed E-state index contributed by atoms with van der Waals surface area (Å²) >= 11 is 2.53. The maximum absolute atomic E-state index is 12.3. The van der Waals surface area contributed by atoms with Gasteiger partial charge in [0.2, 0.25) is 0 Å². The van der Waals surface area contributed by atoms with E-state index in [1.54, 1.807) is 11.3 Å². The van der Waals surface area contributed by atoms with Crippen LogP contribution in [-0.4, -0.2) is 28.1 Å². The summed E-state index contributed by atoms with van der Waals surface area (Å²) in [5.41, 5.74) is 1.55. The lowest BCUT2D eigenvalue weighted by Crippen LogP contribution is -2.32. The number of rotatable bonds is 7. The quantitative estimate of drug-likeness (QED) is 0.630. The molecule has 0 aliphatic heterocycles. The second kappa shape index (κ2) is 8.68. The molecule has 0 unspecified atom stereocenters. The zero-order chi connectivity index (χ0) is 18.4. The van der Waals surface area contributed by atoms with Crippen molar-refractivity contribution in [2.45, 2.75) is 19.4 Å². The summed E-state index contributed by atoms with van der Waals surface area (Å²) in [5.74, 6) is -0.935. The van der Waals surface area contributed by atoms with Gasteiger partial charge in [0.15, 0.2) is 11.5 Å². The van der Waals surface area contributed by atoms with Gasteiger partial charge in [0.05, 0.1) is 11.7 Å². The lowest BCUT2D eigenvalue weighted by atomic mass is 10.1. The standard InChI is InChI=1S/C18H17N3O3S2/c1-2-13-17(26-21-20-13)18(23)24-11-15(22)19-16(14-9-6-10-25-14)12-7-4-3-5-8-12/h3-10,16H,2,11H2,1H3,(H,19,22)/t16-/m0/s1. The zero-order valence-corrected chi connectivity index (χ0v) is 15.7. The van der Waals surface area contributed by atoms with Crippen LogP contribution in [0.3, 0.4) is 0 Å². The van der Waals surface area contributed by atoms with Gasteiger partial charge in [-0.1, -0.05) is 47.8 Å². The molecule has 0 bridgehead atoms. The van der Waals surface area contributed by atoms with Crippen molar-refractivity contribution in [2.75, 3.05) is 6.61 Å². The molecule has 0 spiro atoms. The fourth-order valence-corrected chi connectivity index (χ4v) is 3.86. The predicted octanol–water partition coefficient (Wildman–Crippen LogP) is 3.22. The second-order valence-corrected chi connectivity index (χ2v) is 7.14. The minimum absolute atomic E-state index is 0.279. The number of ether oxygens (including phenoxy) is 1. The Bertz CT molecular complexity index is 863. The first-order chi connectivity index (χ1) is 12.7. The van der Waals surface area contributed by atoms with E-state index in [4.69, 9.17) is 4.74 Å². The summed E-state index contributed by atoms with van der Waals surface area (Å²) < 4.78 is 8.88. The van der Waals surface area contributed by atoms with Crippen molar-refractivity contribution >= 4 is 34.7 Å². The fraction of sp³-hybridized carbons (Fsp3) is 0.222. The van der Waals surface area contributed by atoms with Gasteiger partial charge in [0.1, 0.15) is 0 Å². The van der Waals surface area contributed by atoms with Crippen LogP contribution < -0.4 is 5.32 Å². The molecule has 2 aromatic heterocycles. The van der Waals surface area contributed by atoms with Gasteiger partial charge >= 0.3 is 5.97 Å². The molecule has 3 rings (SSSR count). The first kappa shape index (κ1) is 18.2. The Hall–Kier alpha value is -2.58. The molecule has 1 amide bonds. The molecular formula is C18H17N3O3S2. The van der Waals surface area contributed by atoms with Gasteiger partial charge in [-0.25, -0.2) is 4.79 Å². The number of carbonyl (C=O) groups excluding carboxylic acids is 2. The largest absolute Gasteiger partial charge is 0.451 e. The molecule has 1 atom stereocenters. The van der Waals surface area contributed by atoms with Crippen molar-refractivity contribution in [2.24, 2.45) is 0 Å². The third-order valence-corrected chi connectivity index (χ3v) is 5.36. The summed E-state index contributed by atoms with van der Waals surface area (Å²) in [6, 6.07) is 13.3. The molecule has 0 aliphatic rings. The van der Waals surface area contributed by atoms with Gasteiger partial charge < -0.3 is 10.1 Å². The van der Waals surface area contributed by atoms with E-state index in [1.807, 2.05) is 54.8 Å². The van der Waals surface area contributed by atoms with Crippen LogP contribution in [0.5, 0.6) is 0 Å². The summed E-state index contributed by atoms with van der Waals surface area (Å²) in [7, 11) is 0. The van der Waals surface area contributed by atoms with Crippen molar-refractivity contribution in [3.8, 4) is 0 Å². The Morgan fingerprint density at radius 1 is 1.19 bits per heavy atom. The van der Waals surface area contributed by atoms with Gasteiger partial charge in [-0.2, -0.15) is 0 Å². The Morgan fingerprint density at radius 2 is 2.00 bits per heavy atom. The average Bonchev–Trinajstić information content (AvgIpc) is 3.36. The molecule has 2 heterocycles. The highest BCUT2D eigenvalue weighted by Crippen LogP contribution is 2.25. The number of benzene rings is 1. The topological polar surface area (TPSA) is 81.2 Å².